The number of nitrogens with two attached hydrogens (primary N) is 1. The molecule has 1 aliphatic carbocycles. The maximum atomic E-state index is 13.2. The van der Waals surface area contributed by atoms with Gasteiger partial charge in [0.15, 0.2) is 5.65 Å². The second kappa shape index (κ2) is 10.2. The first-order valence-electron chi connectivity index (χ1n) is 13.2. The average Bonchev–Trinajstić information content (AvgIpc) is 3.51. The fraction of sp³-hybridized carbons (Fsp3) is 0.379. The van der Waals surface area contributed by atoms with Crippen molar-refractivity contribution in [2.75, 3.05) is 23.7 Å². The van der Waals surface area contributed by atoms with Gasteiger partial charge in [0.25, 0.3) is 0 Å². The lowest BCUT2D eigenvalue weighted by Gasteiger charge is -2.44. The molecule has 39 heavy (non-hydrogen) atoms. The van der Waals surface area contributed by atoms with Gasteiger partial charge in [0.05, 0.1) is 21.6 Å². The lowest BCUT2D eigenvalue weighted by molar-refractivity contribution is 0.175. The molecule has 2 aromatic heterocycles. The summed E-state index contributed by atoms with van der Waals surface area (Å²) in [5.74, 6) is 0.888. The summed E-state index contributed by atoms with van der Waals surface area (Å²) in [4.78, 5) is 13.7. The summed E-state index contributed by atoms with van der Waals surface area (Å²) in [6, 6.07) is 14.4. The largest absolute Gasteiger partial charge is 0.598 e. The van der Waals surface area contributed by atoms with Crippen LogP contribution in [0.25, 0.3) is 5.65 Å². The first-order chi connectivity index (χ1) is 18.7. The summed E-state index contributed by atoms with van der Waals surface area (Å²) in [6.07, 6.45) is 8.62. The highest BCUT2D eigenvalue weighted by molar-refractivity contribution is 7.99. The fourth-order valence-corrected chi connectivity index (χ4v) is 7.92. The number of piperidine rings is 1. The molecule has 1 aliphatic heterocycles. The Labute approximate surface area is 241 Å². The van der Waals surface area contributed by atoms with E-state index in [0.717, 1.165) is 53.7 Å². The highest BCUT2D eigenvalue weighted by atomic mass is 35.5. The number of anilines is 2. The van der Waals surface area contributed by atoms with Crippen molar-refractivity contribution in [3.8, 4) is 0 Å². The normalized spacial score (nSPS) is 19.5. The zero-order chi connectivity index (χ0) is 27.4. The molecule has 2 aliphatic rings. The van der Waals surface area contributed by atoms with Crippen molar-refractivity contribution in [3.63, 3.8) is 0 Å². The highest BCUT2D eigenvalue weighted by Crippen LogP contribution is 2.53. The molecule has 0 amide bonds. The minimum Gasteiger partial charge on any atom is -0.598 e. The van der Waals surface area contributed by atoms with E-state index in [0.29, 0.717) is 10.7 Å². The molecule has 2 aromatic carbocycles. The zero-order valence-electron chi connectivity index (χ0n) is 22.4. The van der Waals surface area contributed by atoms with Crippen LogP contribution in [0.5, 0.6) is 0 Å². The molecule has 0 radical (unpaired) electrons. The highest BCUT2D eigenvalue weighted by Gasteiger charge is 2.50. The first kappa shape index (κ1) is 26.8. The molecule has 7 nitrogen and oxygen atoms in total. The Kier molecular flexibility index (Phi) is 7.00. The number of hydrogen-bond acceptors (Lipinski definition) is 7. The first-order valence-corrected chi connectivity index (χ1v) is 15.6. The molecule has 4 aromatic rings. The molecule has 1 spiro atoms. The van der Waals surface area contributed by atoms with E-state index in [1.54, 1.807) is 6.07 Å². The van der Waals surface area contributed by atoms with E-state index in [1.165, 1.54) is 22.9 Å². The molecule has 3 N–H and O–H groups in total. The van der Waals surface area contributed by atoms with Crippen LogP contribution in [0, 0.1) is 5.41 Å². The van der Waals surface area contributed by atoms with Crippen molar-refractivity contribution >= 4 is 52.0 Å². The third-order valence-electron chi connectivity index (χ3n) is 7.93. The number of nitrogens with one attached hydrogen (secondary N) is 1. The van der Waals surface area contributed by atoms with Gasteiger partial charge in [-0.1, -0.05) is 53.7 Å². The zero-order valence-corrected chi connectivity index (χ0v) is 24.7. The van der Waals surface area contributed by atoms with Gasteiger partial charge in [0.1, 0.15) is 4.75 Å². The van der Waals surface area contributed by atoms with E-state index < -0.39 is 11.4 Å². The molecular formula is C29H33ClN6OS2. The molecule has 1 unspecified atom stereocenters. The minimum atomic E-state index is -1.15. The third kappa shape index (κ3) is 4.89. The van der Waals surface area contributed by atoms with Gasteiger partial charge in [-0.2, -0.15) is 0 Å². The quantitative estimate of drug-likeness (QED) is 0.219. The van der Waals surface area contributed by atoms with E-state index in [-0.39, 0.29) is 16.2 Å². The second-order valence-corrected chi connectivity index (χ2v) is 14.9. The maximum absolute atomic E-state index is 13.2. The molecule has 204 valence electrons. The lowest BCUT2D eigenvalue weighted by Crippen LogP contribution is -2.50. The third-order valence-corrected chi connectivity index (χ3v) is 11.1. The Balaban J connectivity index is 1.25. The van der Waals surface area contributed by atoms with Crippen LogP contribution in [0.1, 0.15) is 50.8 Å². The van der Waals surface area contributed by atoms with Gasteiger partial charge in [-0.05, 0) is 63.3 Å². The van der Waals surface area contributed by atoms with Crippen LogP contribution in [0.2, 0.25) is 5.02 Å². The van der Waals surface area contributed by atoms with E-state index in [2.05, 4.69) is 43.3 Å². The Morgan fingerprint density at radius 1 is 1.10 bits per heavy atom. The van der Waals surface area contributed by atoms with Gasteiger partial charge in [-0.15, -0.1) is 4.72 Å². The summed E-state index contributed by atoms with van der Waals surface area (Å²) in [5, 5.41) is 0.547. The molecule has 1 saturated heterocycles. The van der Waals surface area contributed by atoms with Crippen molar-refractivity contribution < 1.29 is 4.55 Å². The predicted molar refractivity (Wildman–Crippen MR) is 161 cm³/mol. The van der Waals surface area contributed by atoms with Crippen LogP contribution in [0.4, 0.5) is 11.6 Å². The number of aromatic nitrogens is 3. The number of hydrogen-bond donors (Lipinski definition) is 2. The van der Waals surface area contributed by atoms with Crippen molar-refractivity contribution in [2.24, 2.45) is 5.41 Å². The van der Waals surface area contributed by atoms with E-state index in [9.17, 15) is 4.55 Å². The van der Waals surface area contributed by atoms with Crippen molar-refractivity contribution in [3.05, 3.63) is 77.2 Å². The number of fused-ring (bicyclic) bond motifs is 2. The van der Waals surface area contributed by atoms with Gasteiger partial charge >= 0.3 is 0 Å². The summed E-state index contributed by atoms with van der Waals surface area (Å²) in [6.45, 7) is 7.80. The molecular weight excluding hydrogens is 548 g/mol. The molecule has 10 heteroatoms. The molecule has 3 heterocycles. The number of rotatable bonds is 5. The van der Waals surface area contributed by atoms with Gasteiger partial charge in [0, 0.05) is 53.4 Å². The number of nitrogens with zero attached hydrogens (tertiary/aromatic N) is 4. The molecule has 0 bridgehead atoms. The average molecular weight is 581 g/mol. The molecule has 2 atom stereocenters. The Morgan fingerprint density at radius 3 is 2.64 bits per heavy atom. The van der Waals surface area contributed by atoms with Gasteiger partial charge in [-0.25, -0.2) is 9.97 Å². The molecule has 1 fully saturated rings. The summed E-state index contributed by atoms with van der Waals surface area (Å²) < 4.78 is 18.5. The fourth-order valence-electron chi connectivity index (χ4n) is 5.79. The number of benzene rings is 2. The number of imidazole rings is 1. The minimum absolute atomic E-state index is 0.0228. The van der Waals surface area contributed by atoms with Gasteiger partial charge < -0.3 is 15.2 Å². The Hall–Kier alpha value is -2.43. The van der Waals surface area contributed by atoms with E-state index in [1.807, 2.05) is 51.5 Å². The SMILES string of the molecule is CC(C)(C)[S+]([O-])N[C@@H]1c2ccccc2CC12CCN(c1ncc(Sc3cccc(N)c3Cl)c3nccn13)CC2. The monoisotopic (exact) mass is 580 g/mol. The second-order valence-electron chi connectivity index (χ2n) is 11.5. The Bertz CT molecular complexity index is 1510. The smallest absolute Gasteiger partial charge is 0.211 e. The number of halogens is 1. The van der Waals surface area contributed by atoms with Gasteiger partial charge in [0.2, 0.25) is 5.95 Å². The number of nitrogen functional groups attached to an aromatic ring is 1. The molecule has 0 saturated carbocycles. The van der Waals surface area contributed by atoms with Crippen LogP contribution in [-0.2, 0) is 17.8 Å². The van der Waals surface area contributed by atoms with Gasteiger partial charge in [-0.3, -0.25) is 4.40 Å². The van der Waals surface area contributed by atoms with Crippen molar-refractivity contribution in [1.82, 2.24) is 19.1 Å². The molecule has 6 rings (SSSR count). The summed E-state index contributed by atoms with van der Waals surface area (Å²) >= 11 is 6.83. The van der Waals surface area contributed by atoms with Crippen LogP contribution >= 0.6 is 23.4 Å². The topological polar surface area (TPSA) is 94.5 Å². The summed E-state index contributed by atoms with van der Waals surface area (Å²) in [5.41, 5.74) is 10.1. The van der Waals surface area contributed by atoms with Crippen molar-refractivity contribution in [2.45, 2.75) is 60.6 Å². The van der Waals surface area contributed by atoms with Crippen LogP contribution in [0.3, 0.4) is 0 Å². The lowest BCUT2D eigenvalue weighted by atomic mass is 9.73. The van der Waals surface area contributed by atoms with E-state index >= 15 is 0 Å². The summed E-state index contributed by atoms with van der Waals surface area (Å²) in [7, 11) is 0. The standard InChI is InChI=1S/C29H33ClN6OS2/c1-28(2,3)39(37)34-25-20-8-5-4-7-19(20)17-29(25)11-14-35(15-12-29)27-33-18-23(26-32-13-16-36(26)27)38-22-10-6-9-21(31)24(22)30/h4-10,13,16,18,25,34H,11-12,14-15,17,31H2,1-3H3/t25-,39?/m1/s1. The Morgan fingerprint density at radius 2 is 1.87 bits per heavy atom. The van der Waals surface area contributed by atoms with Crippen LogP contribution in [-0.4, -0.2) is 36.8 Å². The van der Waals surface area contributed by atoms with Crippen LogP contribution < -0.4 is 15.4 Å². The van der Waals surface area contributed by atoms with Crippen LogP contribution in [0.15, 0.2) is 70.8 Å². The van der Waals surface area contributed by atoms with E-state index in [4.69, 9.17) is 22.3 Å². The van der Waals surface area contributed by atoms with Crippen molar-refractivity contribution in [1.29, 1.82) is 0 Å². The maximum Gasteiger partial charge on any atom is 0.211 e. The predicted octanol–water partition coefficient (Wildman–Crippen LogP) is 6.05.